The van der Waals surface area contributed by atoms with Crippen LogP contribution in [-0.4, -0.2) is 52.4 Å². The molecule has 0 spiro atoms. The van der Waals surface area contributed by atoms with Gasteiger partial charge in [0.2, 0.25) is 0 Å². The van der Waals surface area contributed by atoms with E-state index in [9.17, 15) is 0 Å². The highest BCUT2D eigenvalue weighted by atomic mass is 32.1. The van der Waals surface area contributed by atoms with Crippen LogP contribution in [-0.2, 0) is 5.41 Å². The Morgan fingerprint density at radius 1 is 1.40 bits per heavy atom. The van der Waals surface area contributed by atoms with Crippen molar-refractivity contribution in [3.05, 3.63) is 5.01 Å². The van der Waals surface area contributed by atoms with Crippen molar-refractivity contribution in [1.82, 2.24) is 25.0 Å². The standard InChI is InChI=1S/C9H17N5S/c1-9(2,8-11-12-13-15-8)7-14-5-3-10-4-6-14/h10H,3-7H2,1-2H3. The van der Waals surface area contributed by atoms with Gasteiger partial charge in [0.1, 0.15) is 5.01 Å². The number of rotatable bonds is 3. The van der Waals surface area contributed by atoms with Crippen LogP contribution in [0.2, 0.25) is 0 Å². The van der Waals surface area contributed by atoms with E-state index in [4.69, 9.17) is 0 Å². The second-order valence-electron chi connectivity index (χ2n) is 4.58. The first kappa shape index (κ1) is 10.9. The highest BCUT2D eigenvalue weighted by molar-refractivity contribution is 7.05. The van der Waals surface area contributed by atoms with Gasteiger partial charge in [-0.15, -0.1) is 5.10 Å². The topological polar surface area (TPSA) is 53.9 Å². The Morgan fingerprint density at radius 2 is 2.13 bits per heavy atom. The number of piperazine rings is 1. The van der Waals surface area contributed by atoms with Gasteiger partial charge in [-0.25, -0.2) is 0 Å². The zero-order valence-electron chi connectivity index (χ0n) is 9.23. The maximum atomic E-state index is 4.07. The van der Waals surface area contributed by atoms with Gasteiger partial charge in [0.05, 0.1) is 0 Å². The first-order chi connectivity index (χ1) is 7.18. The van der Waals surface area contributed by atoms with Crippen molar-refractivity contribution in [3.63, 3.8) is 0 Å². The lowest BCUT2D eigenvalue weighted by atomic mass is 9.93. The lowest BCUT2D eigenvalue weighted by Gasteiger charge is -2.33. The molecule has 1 N–H and O–H groups in total. The smallest absolute Gasteiger partial charge is 0.144 e. The van der Waals surface area contributed by atoms with E-state index in [0.29, 0.717) is 0 Å². The average Bonchev–Trinajstić information content (AvgIpc) is 2.71. The summed E-state index contributed by atoms with van der Waals surface area (Å²) >= 11 is 1.40. The van der Waals surface area contributed by atoms with E-state index in [-0.39, 0.29) is 5.41 Å². The van der Waals surface area contributed by atoms with Crippen LogP contribution in [0.5, 0.6) is 0 Å². The molecule has 0 bridgehead atoms. The minimum absolute atomic E-state index is 0.0610. The lowest BCUT2D eigenvalue weighted by molar-refractivity contribution is 0.199. The van der Waals surface area contributed by atoms with Crippen LogP contribution >= 0.6 is 11.5 Å². The molecule has 1 aliphatic heterocycles. The summed E-state index contributed by atoms with van der Waals surface area (Å²) in [5.41, 5.74) is 0.0610. The van der Waals surface area contributed by atoms with Crippen molar-refractivity contribution in [1.29, 1.82) is 0 Å². The van der Waals surface area contributed by atoms with E-state index >= 15 is 0 Å². The summed E-state index contributed by atoms with van der Waals surface area (Å²) < 4.78 is 3.83. The molecule has 84 valence electrons. The quantitative estimate of drug-likeness (QED) is 0.794. The number of nitrogens with one attached hydrogen (secondary N) is 1. The number of nitrogens with zero attached hydrogens (tertiary/aromatic N) is 4. The van der Waals surface area contributed by atoms with Gasteiger partial charge >= 0.3 is 0 Å². The maximum absolute atomic E-state index is 4.07. The van der Waals surface area contributed by atoms with Gasteiger partial charge in [-0.1, -0.05) is 18.3 Å². The van der Waals surface area contributed by atoms with Crippen molar-refractivity contribution in [2.24, 2.45) is 0 Å². The van der Waals surface area contributed by atoms with Gasteiger partial charge in [-0.3, -0.25) is 4.90 Å². The summed E-state index contributed by atoms with van der Waals surface area (Å²) in [4.78, 5) is 2.47. The van der Waals surface area contributed by atoms with Crippen LogP contribution in [0.4, 0.5) is 0 Å². The fourth-order valence-electron chi connectivity index (χ4n) is 1.89. The summed E-state index contributed by atoms with van der Waals surface area (Å²) in [6, 6.07) is 0. The summed E-state index contributed by atoms with van der Waals surface area (Å²) in [5, 5.41) is 12.1. The van der Waals surface area contributed by atoms with Crippen LogP contribution < -0.4 is 5.32 Å². The summed E-state index contributed by atoms with van der Waals surface area (Å²) in [7, 11) is 0. The molecule has 0 aliphatic carbocycles. The maximum Gasteiger partial charge on any atom is 0.144 e. The van der Waals surface area contributed by atoms with Gasteiger partial charge < -0.3 is 5.32 Å². The Labute approximate surface area is 94.0 Å². The minimum Gasteiger partial charge on any atom is -0.314 e. The summed E-state index contributed by atoms with van der Waals surface area (Å²) in [5.74, 6) is 0. The Hall–Kier alpha value is -0.590. The van der Waals surface area contributed by atoms with Crippen LogP contribution in [0.25, 0.3) is 0 Å². The molecule has 2 rings (SSSR count). The molecule has 0 unspecified atom stereocenters. The molecule has 1 saturated heterocycles. The van der Waals surface area contributed by atoms with Crippen molar-refractivity contribution < 1.29 is 0 Å². The molecular formula is C9H17N5S. The lowest BCUT2D eigenvalue weighted by Crippen LogP contribution is -2.47. The fourth-order valence-corrected chi connectivity index (χ4v) is 2.42. The van der Waals surface area contributed by atoms with Crippen LogP contribution in [0.3, 0.4) is 0 Å². The average molecular weight is 227 g/mol. The highest BCUT2D eigenvalue weighted by Crippen LogP contribution is 2.24. The number of hydrogen-bond donors (Lipinski definition) is 1. The molecule has 2 heterocycles. The zero-order valence-corrected chi connectivity index (χ0v) is 10.0. The third-order valence-electron chi connectivity index (χ3n) is 2.71. The predicted molar refractivity (Wildman–Crippen MR) is 60.0 cm³/mol. The normalized spacial score (nSPS) is 19.3. The van der Waals surface area contributed by atoms with Crippen molar-refractivity contribution in [2.45, 2.75) is 19.3 Å². The van der Waals surface area contributed by atoms with Crippen LogP contribution in [0.15, 0.2) is 0 Å². The first-order valence-corrected chi connectivity index (χ1v) is 6.04. The second-order valence-corrected chi connectivity index (χ2v) is 5.31. The Morgan fingerprint density at radius 3 is 2.73 bits per heavy atom. The molecule has 0 radical (unpaired) electrons. The van der Waals surface area contributed by atoms with E-state index in [1.54, 1.807) is 0 Å². The molecule has 1 aromatic rings. The van der Waals surface area contributed by atoms with Crippen LogP contribution in [0, 0.1) is 0 Å². The Kier molecular flexibility index (Phi) is 3.28. The second kappa shape index (κ2) is 4.51. The SMILES string of the molecule is CC(C)(CN1CCNCC1)c1nnns1. The summed E-state index contributed by atoms with van der Waals surface area (Å²) in [6.45, 7) is 9.86. The van der Waals surface area contributed by atoms with Crippen molar-refractivity contribution in [2.75, 3.05) is 32.7 Å². The number of aromatic nitrogens is 3. The predicted octanol–water partition coefficient (Wildman–Crippen LogP) is 0.116. The van der Waals surface area contributed by atoms with E-state index in [2.05, 4.69) is 38.9 Å². The number of hydrogen-bond acceptors (Lipinski definition) is 6. The monoisotopic (exact) mass is 227 g/mol. The van der Waals surface area contributed by atoms with E-state index in [1.165, 1.54) is 11.5 Å². The van der Waals surface area contributed by atoms with Gasteiger partial charge in [-0.2, -0.15) is 0 Å². The Balaban J connectivity index is 1.97. The zero-order chi connectivity index (χ0) is 10.7. The minimum atomic E-state index is 0.0610. The van der Waals surface area contributed by atoms with Crippen molar-refractivity contribution in [3.8, 4) is 0 Å². The molecule has 0 saturated carbocycles. The molecule has 1 aliphatic rings. The van der Waals surface area contributed by atoms with E-state index in [0.717, 1.165) is 37.7 Å². The molecular weight excluding hydrogens is 210 g/mol. The molecule has 1 aromatic heterocycles. The van der Waals surface area contributed by atoms with Crippen molar-refractivity contribution >= 4 is 11.5 Å². The van der Waals surface area contributed by atoms with Gasteiger partial charge in [-0.05, 0) is 5.21 Å². The fraction of sp³-hybridized carbons (Fsp3) is 0.889. The van der Waals surface area contributed by atoms with Gasteiger partial charge in [0.25, 0.3) is 0 Å². The molecule has 15 heavy (non-hydrogen) atoms. The highest BCUT2D eigenvalue weighted by Gasteiger charge is 2.28. The van der Waals surface area contributed by atoms with Gasteiger partial charge in [0, 0.05) is 49.7 Å². The molecule has 0 amide bonds. The van der Waals surface area contributed by atoms with E-state index < -0.39 is 0 Å². The third-order valence-corrected chi connectivity index (χ3v) is 3.67. The van der Waals surface area contributed by atoms with Gasteiger partial charge in [0.15, 0.2) is 0 Å². The summed E-state index contributed by atoms with van der Waals surface area (Å²) in [6.07, 6.45) is 0. The molecule has 0 aromatic carbocycles. The third kappa shape index (κ3) is 2.70. The van der Waals surface area contributed by atoms with Crippen LogP contribution in [0.1, 0.15) is 18.9 Å². The molecule has 0 atom stereocenters. The molecule has 1 fully saturated rings. The largest absolute Gasteiger partial charge is 0.314 e. The Bertz CT molecular complexity index is 291. The van der Waals surface area contributed by atoms with E-state index in [1.807, 2.05) is 0 Å². The molecule has 6 heteroatoms. The molecule has 5 nitrogen and oxygen atoms in total. The first-order valence-electron chi connectivity index (χ1n) is 5.27.